The second-order valence-corrected chi connectivity index (χ2v) is 5.32. The fraction of sp³-hybridized carbons (Fsp3) is 0.353. The summed E-state index contributed by atoms with van der Waals surface area (Å²) in [6, 6.07) is 10.1. The van der Waals surface area contributed by atoms with Crippen molar-refractivity contribution < 1.29 is 9.21 Å². The number of furan rings is 1. The molecule has 1 heterocycles. The van der Waals surface area contributed by atoms with E-state index >= 15 is 0 Å². The van der Waals surface area contributed by atoms with Crippen molar-refractivity contribution >= 4 is 5.78 Å². The standard InChI is InChI=1S/C17H20O2/c1-11(2)15-7-5-14(6-8-15)10-17(18)16-9-12(3)19-13(16)4/h5-9,11H,10H2,1-4H3. The molecule has 0 radical (unpaired) electrons. The summed E-state index contributed by atoms with van der Waals surface area (Å²) in [5.74, 6) is 2.13. The van der Waals surface area contributed by atoms with Crippen molar-refractivity contribution in [3.63, 3.8) is 0 Å². The van der Waals surface area contributed by atoms with Crippen LogP contribution >= 0.6 is 0 Å². The van der Waals surface area contributed by atoms with Crippen molar-refractivity contribution in [3.8, 4) is 0 Å². The maximum absolute atomic E-state index is 12.2. The van der Waals surface area contributed by atoms with Gasteiger partial charge in [-0.1, -0.05) is 38.1 Å². The van der Waals surface area contributed by atoms with E-state index in [1.807, 2.05) is 32.0 Å². The minimum atomic E-state index is 0.117. The smallest absolute Gasteiger partial charge is 0.170 e. The highest BCUT2D eigenvalue weighted by Gasteiger charge is 2.14. The second-order valence-electron chi connectivity index (χ2n) is 5.32. The molecular formula is C17H20O2. The van der Waals surface area contributed by atoms with Gasteiger partial charge >= 0.3 is 0 Å². The minimum absolute atomic E-state index is 0.117. The van der Waals surface area contributed by atoms with Gasteiger partial charge in [-0.05, 0) is 37.0 Å². The molecule has 100 valence electrons. The molecule has 2 heteroatoms. The van der Waals surface area contributed by atoms with Crippen molar-refractivity contribution in [1.29, 1.82) is 0 Å². The number of carbonyl (C=O) groups is 1. The van der Waals surface area contributed by atoms with Gasteiger partial charge in [0.2, 0.25) is 0 Å². The summed E-state index contributed by atoms with van der Waals surface area (Å²) >= 11 is 0. The van der Waals surface area contributed by atoms with Crippen LogP contribution in [0.2, 0.25) is 0 Å². The van der Waals surface area contributed by atoms with Crippen LogP contribution in [0.1, 0.15) is 52.8 Å². The van der Waals surface area contributed by atoms with Gasteiger partial charge in [0.05, 0.1) is 5.56 Å². The van der Waals surface area contributed by atoms with Crippen LogP contribution in [-0.4, -0.2) is 5.78 Å². The molecule has 0 unspecified atom stereocenters. The molecule has 0 spiro atoms. The lowest BCUT2D eigenvalue weighted by molar-refractivity contribution is 0.0991. The Morgan fingerprint density at radius 3 is 2.26 bits per heavy atom. The van der Waals surface area contributed by atoms with E-state index in [1.54, 1.807) is 0 Å². The first-order chi connectivity index (χ1) is 8.97. The zero-order valence-corrected chi connectivity index (χ0v) is 12.0. The summed E-state index contributed by atoms with van der Waals surface area (Å²) in [7, 11) is 0. The summed E-state index contributed by atoms with van der Waals surface area (Å²) in [6.45, 7) is 8.03. The molecule has 0 aliphatic carbocycles. The SMILES string of the molecule is Cc1cc(C(=O)Cc2ccc(C(C)C)cc2)c(C)o1. The number of hydrogen-bond acceptors (Lipinski definition) is 2. The molecule has 1 aromatic carbocycles. The van der Waals surface area contributed by atoms with Crippen molar-refractivity contribution in [1.82, 2.24) is 0 Å². The molecule has 19 heavy (non-hydrogen) atoms. The summed E-state index contributed by atoms with van der Waals surface area (Å²) in [6.07, 6.45) is 0.429. The highest BCUT2D eigenvalue weighted by atomic mass is 16.3. The molecule has 2 rings (SSSR count). The summed E-state index contributed by atoms with van der Waals surface area (Å²) in [4.78, 5) is 12.2. The molecule has 2 aromatic rings. The molecule has 0 atom stereocenters. The summed E-state index contributed by atoms with van der Waals surface area (Å²) < 4.78 is 5.40. The van der Waals surface area contributed by atoms with Crippen LogP contribution in [0.15, 0.2) is 34.7 Å². The third kappa shape index (κ3) is 3.14. The first-order valence-electron chi connectivity index (χ1n) is 6.66. The number of carbonyl (C=O) groups excluding carboxylic acids is 1. The van der Waals surface area contributed by atoms with Gasteiger partial charge in [0.1, 0.15) is 11.5 Å². The quantitative estimate of drug-likeness (QED) is 0.757. The van der Waals surface area contributed by atoms with Crippen LogP contribution in [0.25, 0.3) is 0 Å². The van der Waals surface area contributed by atoms with Crippen LogP contribution in [0.3, 0.4) is 0 Å². The Morgan fingerprint density at radius 1 is 1.16 bits per heavy atom. The minimum Gasteiger partial charge on any atom is -0.466 e. The molecule has 1 aromatic heterocycles. The Morgan fingerprint density at radius 2 is 1.79 bits per heavy atom. The zero-order chi connectivity index (χ0) is 14.0. The Labute approximate surface area is 114 Å². The van der Waals surface area contributed by atoms with Crippen LogP contribution in [0, 0.1) is 13.8 Å². The van der Waals surface area contributed by atoms with Crippen LogP contribution in [0.4, 0.5) is 0 Å². The van der Waals surface area contributed by atoms with E-state index in [9.17, 15) is 4.79 Å². The number of benzene rings is 1. The summed E-state index contributed by atoms with van der Waals surface area (Å²) in [5, 5.41) is 0. The Hall–Kier alpha value is -1.83. The summed E-state index contributed by atoms with van der Waals surface area (Å²) in [5.41, 5.74) is 3.05. The maximum atomic E-state index is 12.2. The monoisotopic (exact) mass is 256 g/mol. The van der Waals surface area contributed by atoms with E-state index in [4.69, 9.17) is 4.42 Å². The van der Waals surface area contributed by atoms with E-state index in [1.165, 1.54) is 5.56 Å². The lowest BCUT2D eigenvalue weighted by Gasteiger charge is -2.06. The molecule has 0 bridgehead atoms. The van der Waals surface area contributed by atoms with Crippen molar-refractivity contribution in [2.45, 2.75) is 40.0 Å². The lowest BCUT2D eigenvalue weighted by atomic mass is 9.98. The number of ketones is 1. The van der Waals surface area contributed by atoms with E-state index < -0.39 is 0 Å². The Bertz CT molecular complexity index is 574. The third-order valence-electron chi connectivity index (χ3n) is 3.35. The van der Waals surface area contributed by atoms with E-state index in [2.05, 4.69) is 26.0 Å². The molecule has 0 saturated carbocycles. The maximum Gasteiger partial charge on any atom is 0.170 e. The van der Waals surface area contributed by atoms with Gasteiger partial charge in [-0.3, -0.25) is 4.79 Å². The lowest BCUT2D eigenvalue weighted by Crippen LogP contribution is -2.04. The van der Waals surface area contributed by atoms with Crippen molar-refractivity contribution in [3.05, 3.63) is 58.5 Å². The van der Waals surface area contributed by atoms with Gasteiger partial charge in [0.25, 0.3) is 0 Å². The Balaban J connectivity index is 2.13. The third-order valence-corrected chi connectivity index (χ3v) is 3.35. The normalized spacial score (nSPS) is 11.0. The molecule has 0 aliphatic heterocycles. The van der Waals surface area contributed by atoms with E-state index in [-0.39, 0.29) is 5.78 Å². The van der Waals surface area contributed by atoms with Crippen molar-refractivity contribution in [2.24, 2.45) is 0 Å². The first-order valence-corrected chi connectivity index (χ1v) is 6.66. The fourth-order valence-corrected chi connectivity index (χ4v) is 2.21. The topological polar surface area (TPSA) is 30.2 Å². The van der Waals surface area contributed by atoms with Crippen LogP contribution in [0.5, 0.6) is 0 Å². The average Bonchev–Trinajstić information content (AvgIpc) is 2.69. The number of rotatable bonds is 4. The predicted octanol–water partition coefficient (Wildman–Crippen LogP) is 4.45. The van der Waals surface area contributed by atoms with E-state index in [0.29, 0.717) is 23.7 Å². The molecular weight excluding hydrogens is 236 g/mol. The second kappa shape index (κ2) is 5.43. The first kappa shape index (κ1) is 13.6. The van der Waals surface area contributed by atoms with Gasteiger partial charge < -0.3 is 4.42 Å². The van der Waals surface area contributed by atoms with Gasteiger partial charge in [-0.15, -0.1) is 0 Å². The highest BCUT2D eigenvalue weighted by Crippen LogP contribution is 2.18. The number of Topliss-reactive ketones (excluding diaryl/α,β-unsaturated/α-hetero) is 1. The van der Waals surface area contributed by atoms with Gasteiger partial charge in [-0.25, -0.2) is 0 Å². The largest absolute Gasteiger partial charge is 0.466 e. The number of aryl methyl sites for hydroxylation is 2. The molecule has 0 amide bonds. The van der Waals surface area contributed by atoms with Crippen molar-refractivity contribution in [2.75, 3.05) is 0 Å². The van der Waals surface area contributed by atoms with Gasteiger partial charge in [0.15, 0.2) is 5.78 Å². The molecule has 0 saturated heterocycles. The Kier molecular flexibility index (Phi) is 3.89. The van der Waals surface area contributed by atoms with Crippen LogP contribution < -0.4 is 0 Å². The van der Waals surface area contributed by atoms with Crippen LogP contribution in [-0.2, 0) is 6.42 Å². The van der Waals surface area contributed by atoms with Gasteiger partial charge in [0, 0.05) is 6.42 Å². The molecule has 2 nitrogen and oxygen atoms in total. The average molecular weight is 256 g/mol. The molecule has 0 aliphatic rings. The zero-order valence-electron chi connectivity index (χ0n) is 12.0. The highest BCUT2D eigenvalue weighted by molar-refractivity contribution is 5.98. The molecule has 0 fully saturated rings. The molecule has 0 N–H and O–H groups in total. The fourth-order valence-electron chi connectivity index (χ4n) is 2.21. The van der Waals surface area contributed by atoms with E-state index in [0.717, 1.165) is 11.3 Å². The predicted molar refractivity (Wildman–Crippen MR) is 76.7 cm³/mol. The number of hydrogen-bond donors (Lipinski definition) is 0. The van der Waals surface area contributed by atoms with Gasteiger partial charge in [-0.2, -0.15) is 0 Å².